The molecule has 0 aliphatic rings. The number of ether oxygens (including phenoxy) is 1. The lowest BCUT2D eigenvalue weighted by Crippen LogP contribution is -2.06. The van der Waals surface area contributed by atoms with Crippen LogP contribution in [-0.4, -0.2) is 18.5 Å². The van der Waals surface area contributed by atoms with Crippen molar-refractivity contribution >= 4 is 17.6 Å². The third kappa shape index (κ3) is 9.23. The van der Waals surface area contributed by atoms with E-state index in [0.29, 0.717) is 6.61 Å². The van der Waals surface area contributed by atoms with Crippen molar-refractivity contribution in [3.63, 3.8) is 0 Å². The Bertz CT molecular complexity index is 172. The van der Waals surface area contributed by atoms with Crippen LogP contribution in [0.5, 0.6) is 0 Å². The van der Waals surface area contributed by atoms with Gasteiger partial charge in [-0.05, 0) is 12.8 Å². The molecule has 0 fully saturated rings. The Morgan fingerprint density at radius 1 is 1.31 bits per heavy atom. The second kappa shape index (κ2) is 9.41. The number of carbonyl (C=O) groups excluding carboxylic acids is 1. The lowest BCUT2D eigenvalue weighted by molar-refractivity contribution is -0.140. The molecule has 0 N–H and O–H groups in total. The van der Waals surface area contributed by atoms with Crippen LogP contribution in [0.4, 0.5) is 0 Å². The van der Waals surface area contributed by atoms with E-state index in [2.05, 4.69) is 5.92 Å². The summed E-state index contributed by atoms with van der Waals surface area (Å²) in [6.07, 6.45) is 10.0. The van der Waals surface area contributed by atoms with Crippen LogP contribution in [0.1, 0.15) is 32.1 Å². The van der Waals surface area contributed by atoms with E-state index >= 15 is 0 Å². The van der Waals surface area contributed by atoms with Gasteiger partial charge in [0.25, 0.3) is 0 Å². The maximum absolute atomic E-state index is 10.6. The maximum atomic E-state index is 10.6. The average molecular weight is 203 g/mol. The fraction of sp³-hybridized carbons (Fsp3) is 0.700. The van der Waals surface area contributed by atoms with E-state index in [9.17, 15) is 4.79 Å². The molecule has 0 heterocycles. The summed E-state index contributed by atoms with van der Waals surface area (Å²) in [6.45, 7) is 0.474. The van der Waals surface area contributed by atoms with E-state index < -0.39 is 0 Å². The first-order valence-electron chi connectivity index (χ1n) is 4.46. The number of halogens is 1. The highest BCUT2D eigenvalue weighted by Crippen LogP contribution is 2.02. The molecule has 0 aliphatic heterocycles. The highest BCUT2D eigenvalue weighted by atomic mass is 35.5. The number of carbonyl (C=O) groups is 1. The highest BCUT2D eigenvalue weighted by molar-refractivity contribution is 6.26. The molecule has 0 rings (SSSR count). The Morgan fingerprint density at radius 3 is 2.62 bits per heavy atom. The zero-order chi connectivity index (χ0) is 9.94. The topological polar surface area (TPSA) is 26.3 Å². The molecule has 13 heavy (non-hydrogen) atoms. The summed E-state index contributed by atoms with van der Waals surface area (Å²) in [5.41, 5.74) is 0. The van der Waals surface area contributed by atoms with E-state index in [1.165, 1.54) is 0 Å². The number of alkyl halides is 1. The predicted octanol–water partition coefficient (Wildman–Crippen LogP) is 2.35. The Hall–Kier alpha value is -0.680. The van der Waals surface area contributed by atoms with E-state index in [1.807, 2.05) is 0 Å². The molecular formula is C10H15ClO2. The highest BCUT2D eigenvalue weighted by Gasteiger charge is 1.97. The average Bonchev–Trinajstić information content (AvgIpc) is 2.16. The molecule has 0 spiro atoms. The molecule has 0 aliphatic carbocycles. The lowest BCUT2D eigenvalue weighted by Gasteiger charge is -2.01. The van der Waals surface area contributed by atoms with E-state index in [4.69, 9.17) is 22.8 Å². The standard InChI is InChI=1S/C10H15ClO2/c1-2-3-4-5-6-7-8-13-10(12)9-11/h1H,3-9H2. The third-order valence-electron chi connectivity index (χ3n) is 1.59. The van der Waals surface area contributed by atoms with Gasteiger partial charge >= 0.3 is 5.97 Å². The molecule has 2 nitrogen and oxygen atoms in total. The largest absolute Gasteiger partial charge is 0.465 e. The normalized spacial score (nSPS) is 9.23. The van der Waals surface area contributed by atoms with Crippen LogP contribution in [0.3, 0.4) is 0 Å². The van der Waals surface area contributed by atoms with Crippen molar-refractivity contribution in [1.29, 1.82) is 0 Å². The van der Waals surface area contributed by atoms with Gasteiger partial charge in [-0.15, -0.1) is 23.9 Å². The van der Waals surface area contributed by atoms with Crippen molar-refractivity contribution in [2.24, 2.45) is 0 Å². The summed E-state index contributed by atoms with van der Waals surface area (Å²) in [7, 11) is 0. The van der Waals surface area contributed by atoms with E-state index in [0.717, 1.165) is 32.1 Å². The molecule has 74 valence electrons. The molecule has 0 aromatic rings. The molecule has 0 atom stereocenters. The lowest BCUT2D eigenvalue weighted by atomic mass is 10.1. The van der Waals surface area contributed by atoms with Crippen molar-refractivity contribution in [1.82, 2.24) is 0 Å². The summed E-state index contributed by atoms with van der Waals surface area (Å²) in [5, 5.41) is 0. The van der Waals surface area contributed by atoms with Crippen LogP contribution in [-0.2, 0) is 9.53 Å². The van der Waals surface area contributed by atoms with Gasteiger partial charge in [0, 0.05) is 6.42 Å². The number of hydrogen-bond acceptors (Lipinski definition) is 2. The zero-order valence-corrected chi connectivity index (χ0v) is 8.48. The smallest absolute Gasteiger partial charge is 0.320 e. The minimum absolute atomic E-state index is 0.0584. The molecule has 3 heteroatoms. The van der Waals surface area contributed by atoms with Gasteiger partial charge in [0.2, 0.25) is 0 Å². The van der Waals surface area contributed by atoms with Gasteiger partial charge in [0.05, 0.1) is 6.61 Å². The Balaban J connectivity index is 3.00. The van der Waals surface area contributed by atoms with Gasteiger partial charge in [0.1, 0.15) is 5.88 Å². The predicted molar refractivity (Wildman–Crippen MR) is 53.6 cm³/mol. The zero-order valence-electron chi connectivity index (χ0n) is 7.72. The molecule has 0 unspecified atom stereocenters. The van der Waals surface area contributed by atoms with Crippen LogP contribution in [0, 0.1) is 12.3 Å². The number of rotatable bonds is 7. The van der Waals surface area contributed by atoms with Gasteiger partial charge in [-0.2, -0.15) is 0 Å². The first-order valence-corrected chi connectivity index (χ1v) is 4.99. The van der Waals surface area contributed by atoms with Crippen LogP contribution in [0.2, 0.25) is 0 Å². The molecule has 0 radical (unpaired) electrons. The van der Waals surface area contributed by atoms with Gasteiger partial charge in [-0.1, -0.05) is 12.8 Å². The minimum Gasteiger partial charge on any atom is -0.465 e. The first-order chi connectivity index (χ1) is 6.31. The van der Waals surface area contributed by atoms with Crippen LogP contribution in [0.15, 0.2) is 0 Å². The van der Waals surface area contributed by atoms with E-state index in [1.54, 1.807) is 0 Å². The fourth-order valence-corrected chi connectivity index (χ4v) is 0.984. The number of terminal acetylenes is 1. The van der Waals surface area contributed by atoms with Crippen molar-refractivity contribution in [3.8, 4) is 12.3 Å². The van der Waals surface area contributed by atoms with Crippen LogP contribution in [0.25, 0.3) is 0 Å². The van der Waals surface area contributed by atoms with Gasteiger partial charge in [-0.3, -0.25) is 4.79 Å². The quantitative estimate of drug-likeness (QED) is 0.274. The Kier molecular flexibility index (Phi) is 8.92. The monoisotopic (exact) mass is 202 g/mol. The van der Waals surface area contributed by atoms with Crippen molar-refractivity contribution in [2.75, 3.05) is 12.5 Å². The molecular weight excluding hydrogens is 188 g/mol. The molecule has 0 saturated heterocycles. The molecule has 0 amide bonds. The Labute approximate surface area is 84.6 Å². The van der Waals surface area contributed by atoms with Crippen molar-refractivity contribution in [3.05, 3.63) is 0 Å². The van der Waals surface area contributed by atoms with Crippen LogP contribution >= 0.6 is 11.6 Å². The summed E-state index contributed by atoms with van der Waals surface area (Å²) < 4.78 is 4.79. The summed E-state index contributed by atoms with van der Waals surface area (Å²) in [6, 6.07) is 0. The van der Waals surface area contributed by atoms with Gasteiger partial charge in [0.15, 0.2) is 0 Å². The van der Waals surface area contributed by atoms with Crippen molar-refractivity contribution < 1.29 is 9.53 Å². The number of unbranched alkanes of at least 4 members (excludes halogenated alkanes) is 4. The van der Waals surface area contributed by atoms with Crippen LogP contribution < -0.4 is 0 Å². The van der Waals surface area contributed by atoms with Crippen molar-refractivity contribution in [2.45, 2.75) is 32.1 Å². The molecule has 0 bridgehead atoms. The second-order valence-corrected chi connectivity index (χ2v) is 2.99. The maximum Gasteiger partial charge on any atom is 0.320 e. The third-order valence-corrected chi connectivity index (χ3v) is 1.81. The summed E-state index contributed by atoms with van der Waals surface area (Å²) in [5.74, 6) is 2.18. The minimum atomic E-state index is -0.342. The van der Waals surface area contributed by atoms with Gasteiger partial charge < -0.3 is 4.74 Å². The first kappa shape index (κ1) is 12.3. The number of hydrogen-bond donors (Lipinski definition) is 0. The summed E-state index contributed by atoms with van der Waals surface area (Å²) >= 11 is 5.24. The van der Waals surface area contributed by atoms with E-state index in [-0.39, 0.29) is 11.8 Å². The second-order valence-electron chi connectivity index (χ2n) is 2.72. The fourth-order valence-electron chi connectivity index (χ4n) is 0.907. The SMILES string of the molecule is C#CCCCCCCOC(=O)CCl. The summed E-state index contributed by atoms with van der Waals surface area (Å²) in [4.78, 5) is 10.6. The Morgan fingerprint density at radius 2 is 2.00 bits per heavy atom. The molecule has 0 aromatic heterocycles. The molecule has 0 saturated carbocycles. The van der Waals surface area contributed by atoms with Gasteiger partial charge in [-0.25, -0.2) is 0 Å². The number of esters is 1. The molecule has 0 aromatic carbocycles.